The van der Waals surface area contributed by atoms with Crippen molar-refractivity contribution >= 4 is 15.8 Å². The maximum Gasteiger partial charge on any atom is 0.265 e. The van der Waals surface area contributed by atoms with Crippen molar-refractivity contribution in [3.8, 4) is 17.1 Å². The molecule has 0 spiro atoms. The van der Waals surface area contributed by atoms with Crippen molar-refractivity contribution in [3.05, 3.63) is 54.7 Å². The van der Waals surface area contributed by atoms with E-state index in [1.165, 1.54) is 25.6 Å². The smallest absolute Gasteiger partial charge is 0.265 e. The number of ether oxygens (including phenoxy) is 1. The van der Waals surface area contributed by atoms with Crippen LogP contribution in [0, 0.1) is 6.92 Å². The fraction of sp³-hybridized carbons (Fsp3) is 0.125. The van der Waals surface area contributed by atoms with E-state index in [1.807, 2.05) is 0 Å². The molecule has 25 heavy (non-hydrogen) atoms. The Hall–Kier alpha value is -3.07. The van der Waals surface area contributed by atoms with Gasteiger partial charge in [-0.1, -0.05) is 0 Å². The van der Waals surface area contributed by atoms with Crippen LogP contribution in [0.25, 0.3) is 11.3 Å². The zero-order valence-electron chi connectivity index (χ0n) is 13.5. The molecule has 9 heteroatoms. The van der Waals surface area contributed by atoms with E-state index in [0.29, 0.717) is 17.0 Å². The van der Waals surface area contributed by atoms with Gasteiger partial charge in [-0.05, 0) is 31.2 Å². The molecular weight excluding hydrogens is 342 g/mol. The molecule has 1 N–H and O–H groups in total. The first kappa shape index (κ1) is 16.8. The molecule has 0 radical (unpaired) electrons. The minimum atomic E-state index is -3.96. The molecule has 0 bridgehead atoms. The van der Waals surface area contributed by atoms with E-state index in [1.54, 1.807) is 37.5 Å². The Kier molecular flexibility index (Phi) is 4.57. The van der Waals surface area contributed by atoms with Gasteiger partial charge in [0, 0.05) is 24.2 Å². The van der Waals surface area contributed by atoms with Gasteiger partial charge in [-0.3, -0.25) is 14.7 Å². The summed E-state index contributed by atoms with van der Waals surface area (Å²) in [5.74, 6) is 0.101. The third-order valence-corrected chi connectivity index (χ3v) is 4.65. The van der Waals surface area contributed by atoms with Gasteiger partial charge in [-0.2, -0.15) is 0 Å². The summed E-state index contributed by atoms with van der Waals surface area (Å²) in [6, 6.07) is 6.46. The van der Waals surface area contributed by atoms with E-state index in [2.05, 4.69) is 24.7 Å². The molecule has 3 rings (SSSR count). The largest absolute Gasteiger partial charge is 0.478 e. The van der Waals surface area contributed by atoms with Gasteiger partial charge in [0.2, 0.25) is 5.82 Å². The molecule has 0 saturated carbocycles. The van der Waals surface area contributed by atoms with Gasteiger partial charge in [-0.15, -0.1) is 0 Å². The normalized spacial score (nSPS) is 11.1. The molecule has 8 nitrogen and oxygen atoms in total. The monoisotopic (exact) mass is 357 g/mol. The van der Waals surface area contributed by atoms with Crippen LogP contribution in [0.4, 0.5) is 5.82 Å². The van der Waals surface area contributed by atoms with Crippen LogP contribution >= 0.6 is 0 Å². The van der Waals surface area contributed by atoms with E-state index < -0.39 is 10.0 Å². The maximum absolute atomic E-state index is 12.9. The lowest BCUT2D eigenvalue weighted by Crippen LogP contribution is -2.16. The van der Waals surface area contributed by atoms with Crippen molar-refractivity contribution in [2.24, 2.45) is 0 Å². The van der Waals surface area contributed by atoms with E-state index in [9.17, 15) is 8.42 Å². The number of nitrogens with zero attached hydrogens (tertiary/aromatic N) is 4. The fourth-order valence-electron chi connectivity index (χ4n) is 2.18. The predicted molar refractivity (Wildman–Crippen MR) is 91.6 cm³/mol. The van der Waals surface area contributed by atoms with Crippen LogP contribution in [-0.4, -0.2) is 35.5 Å². The molecule has 0 aliphatic heterocycles. The van der Waals surface area contributed by atoms with Crippen molar-refractivity contribution in [3.63, 3.8) is 0 Å². The average Bonchev–Trinajstić information content (AvgIpc) is 2.64. The predicted octanol–water partition coefficient (Wildman–Crippen LogP) is 2.05. The van der Waals surface area contributed by atoms with Crippen molar-refractivity contribution in [2.45, 2.75) is 11.8 Å². The molecule has 0 fully saturated rings. The summed E-state index contributed by atoms with van der Waals surface area (Å²) in [5.41, 5.74) is 1.49. The number of pyridine rings is 2. The first-order chi connectivity index (χ1) is 12.0. The molecule has 3 aromatic rings. The zero-order valence-corrected chi connectivity index (χ0v) is 14.4. The van der Waals surface area contributed by atoms with Gasteiger partial charge in [0.25, 0.3) is 15.9 Å². The van der Waals surface area contributed by atoms with Gasteiger partial charge >= 0.3 is 0 Å². The molecule has 3 heterocycles. The zero-order chi connectivity index (χ0) is 17.9. The summed E-state index contributed by atoms with van der Waals surface area (Å²) in [6.45, 7) is 1.73. The second-order valence-electron chi connectivity index (χ2n) is 5.07. The highest BCUT2D eigenvalue weighted by Gasteiger charge is 2.23. The number of nitrogens with one attached hydrogen (secondary N) is 1. The third-order valence-electron chi connectivity index (χ3n) is 3.28. The summed E-state index contributed by atoms with van der Waals surface area (Å²) in [7, 11) is -2.57. The number of aryl methyl sites for hydroxylation is 1. The van der Waals surface area contributed by atoms with Crippen molar-refractivity contribution < 1.29 is 13.2 Å². The van der Waals surface area contributed by atoms with Gasteiger partial charge in [0.15, 0.2) is 0 Å². The Labute approximate surface area is 145 Å². The number of anilines is 1. The first-order valence-corrected chi connectivity index (χ1v) is 8.75. The minimum Gasteiger partial charge on any atom is -0.478 e. The highest BCUT2D eigenvalue weighted by molar-refractivity contribution is 7.92. The van der Waals surface area contributed by atoms with Crippen molar-refractivity contribution in [1.82, 2.24) is 19.9 Å². The highest BCUT2D eigenvalue weighted by atomic mass is 32.2. The number of rotatable bonds is 5. The molecule has 0 saturated heterocycles. The summed E-state index contributed by atoms with van der Waals surface area (Å²) >= 11 is 0. The fourth-order valence-corrected chi connectivity index (χ4v) is 3.36. The standard InChI is InChI=1S/C16H15N5O3S/c1-11-9-19-15(16(20-11)24-2)21-25(22,23)13-6-4-8-18-14(13)12-5-3-7-17-10-12/h3-10H,1-2H3,(H,19,21). The molecule has 0 unspecified atom stereocenters. The third kappa shape index (κ3) is 3.56. The first-order valence-electron chi connectivity index (χ1n) is 7.27. The topological polar surface area (TPSA) is 107 Å². The molecule has 0 aliphatic carbocycles. The van der Waals surface area contributed by atoms with Crippen LogP contribution in [-0.2, 0) is 10.0 Å². The van der Waals surface area contributed by atoms with Crippen molar-refractivity contribution in [1.29, 1.82) is 0 Å². The Bertz CT molecular complexity index is 994. The van der Waals surface area contributed by atoms with Crippen molar-refractivity contribution in [2.75, 3.05) is 11.8 Å². The van der Waals surface area contributed by atoms with E-state index in [0.717, 1.165) is 0 Å². The summed E-state index contributed by atoms with van der Waals surface area (Å²) in [6.07, 6.45) is 6.12. The van der Waals surface area contributed by atoms with Gasteiger partial charge in [0.05, 0.1) is 24.7 Å². The number of sulfonamides is 1. The highest BCUT2D eigenvalue weighted by Crippen LogP contribution is 2.27. The van der Waals surface area contributed by atoms with Crippen LogP contribution < -0.4 is 9.46 Å². The Morgan fingerprint density at radius 2 is 1.88 bits per heavy atom. The summed E-state index contributed by atoms with van der Waals surface area (Å²) < 4.78 is 33.2. The van der Waals surface area contributed by atoms with Crippen LogP contribution in [0.1, 0.15) is 5.69 Å². The van der Waals surface area contributed by atoms with Crippen LogP contribution in [0.5, 0.6) is 5.88 Å². The summed E-state index contributed by atoms with van der Waals surface area (Å²) in [5, 5.41) is 0. The number of hydrogen-bond donors (Lipinski definition) is 1. The molecule has 128 valence electrons. The Balaban J connectivity index is 2.05. The lowest BCUT2D eigenvalue weighted by Gasteiger charge is -2.12. The van der Waals surface area contributed by atoms with E-state index >= 15 is 0 Å². The van der Waals surface area contributed by atoms with Gasteiger partial charge in [-0.25, -0.2) is 18.4 Å². The van der Waals surface area contributed by atoms with Gasteiger partial charge in [0.1, 0.15) is 4.90 Å². The quantitative estimate of drug-likeness (QED) is 0.744. The van der Waals surface area contributed by atoms with Crippen LogP contribution in [0.2, 0.25) is 0 Å². The lowest BCUT2D eigenvalue weighted by atomic mass is 10.2. The second-order valence-corrected chi connectivity index (χ2v) is 6.72. The summed E-state index contributed by atoms with van der Waals surface area (Å²) in [4.78, 5) is 16.4. The number of aromatic nitrogens is 4. The SMILES string of the molecule is COc1nc(C)cnc1NS(=O)(=O)c1cccnc1-c1cccnc1. The van der Waals surface area contributed by atoms with Gasteiger partial charge < -0.3 is 4.74 Å². The van der Waals surface area contributed by atoms with E-state index in [4.69, 9.17) is 4.74 Å². The Morgan fingerprint density at radius 3 is 2.60 bits per heavy atom. The van der Waals surface area contributed by atoms with Crippen LogP contribution in [0.3, 0.4) is 0 Å². The molecule has 3 aromatic heterocycles. The number of methoxy groups -OCH3 is 1. The average molecular weight is 357 g/mol. The molecule has 0 aliphatic rings. The lowest BCUT2D eigenvalue weighted by molar-refractivity contribution is 0.397. The molecular formula is C16H15N5O3S. The number of hydrogen-bond acceptors (Lipinski definition) is 7. The second kappa shape index (κ2) is 6.81. The molecule has 0 atom stereocenters. The minimum absolute atomic E-state index is 0.00688. The maximum atomic E-state index is 12.9. The molecule has 0 aromatic carbocycles. The molecule has 0 amide bonds. The Morgan fingerprint density at radius 1 is 1.08 bits per heavy atom. The van der Waals surface area contributed by atoms with E-state index in [-0.39, 0.29) is 16.6 Å². The van der Waals surface area contributed by atoms with Crippen LogP contribution in [0.15, 0.2) is 53.9 Å².